The minimum Gasteiger partial charge on any atom is -0.479 e. The predicted octanol–water partition coefficient (Wildman–Crippen LogP) is 4.57. The first-order chi connectivity index (χ1) is 24.8. The van der Waals surface area contributed by atoms with Crippen LogP contribution in [0.25, 0.3) is 0 Å². The van der Waals surface area contributed by atoms with Gasteiger partial charge in [0.1, 0.15) is 5.75 Å². The highest BCUT2D eigenvalue weighted by Crippen LogP contribution is 2.42. The third-order valence-corrected chi connectivity index (χ3v) is 8.89. The Bertz CT molecular complexity index is 1620. The van der Waals surface area contributed by atoms with Gasteiger partial charge in [-0.3, -0.25) is 14.5 Å². The van der Waals surface area contributed by atoms with E-state index in [0.717, 1.165) is 18.4 Å². The number of nitrogens with one attached hydrogen (secondary N) is 2. The van der Waals surface area contributed by atoms with Crippen LogP contribution in [0.15, 0.2) is 28.7 Å². The minimum atomic E-state index is -0.558. The molecule has 1 aliphatic rings. The van der Waals surface area contributed by atoms with Gasteiger partial charge in [-0.15, -0.1) is 0 Å². The molecule has 1 atom stereocenters. The summed E-state index contributed by atoms with van der Waals surface area (Å²) in [5.74, 6) is 0.564. The molecule has 0 bridgehead atoms. The highest BCUT2D eigenvalue weighted by molar-refractivity contribution is 6.03. The molecular weight excluding hydrogens is 672 g/mol. The molecule has 286 valence electrons. The Morgan fingerprint density at radius 2 is 1.62 bits per heavy atom. The summed E-state index contributed by atoms with van der Waals surface area (Å²) in [7, 11) is 4.72. The van der Waals surface area contributed by atoms with Gasteiger partial charge in [0.05, 0.1) is 59.9 Å². The molecule has 2 aromatic heterocycles. The van der Waals surface area contributed by atoms with Crippen molar-refractivity contribution >= 4 is 23.5 Å². The Hall–Kier alpha value is -4.44. The number of aromatic nitrogens is 2. The molecule has 4 N–H and O–H groups in total. The van der Waals surface area contributed by atoms with Crippen LogP contribution in [0, 0.1) is 12.8 Å². The molecule has 1 aromatic carbocycles. The van der Waals surface area contributed by atoms with Gasteiger partial charge in [0.25, 0.3) is 11.9 Å². The number of carbonyl (C=O) groups is 2. The lowest BCUT2D eigenvalue weighted by Crippen LogP contribution is -2.47. The number of nitrogens with two attached hydrogens (primary N) is 1. The quantitative estimate of drug-likeness (QED) is 0.123. The van der Waals surface area contributed by atoms with Crippen LogP contribution >= 0.6 is 0 Å². The van der Waals surface area contributed by atoms with Gasteiger partial charge in [0, 0.05) is 19.2 Å². The number of methoxy groups -OCH3 is 2. The van der Waals surface area contributed by atoms with Gasteiger partial charge in [-0.1, -0.05) is 33.8 Å². The molecule has 2 amide bonds. The van der Waals surface area contributed by atoms with Gasteiger partial charge in [-0.2, -0.15) is 9.97 Å². The van der Waals surface area contributed by atoms with Crippen molar-refractivity contribution in [1.29, 1.82) is 0 Å². The molecular formula is C37H54N6O9. The van der Waals surface area contributed by atoms with Crippen LogP contribution in [0.4, 0.5) is 11.6 Å². The SMILES string of the molecule is COc1nc(NCCOCCOCCOCCN(C)C(C(N)=O)C(C)C)nc(OC)c1NC(=O)c1ccc(Oc2cc3c(cc2C)CCC3(C)C)o1. The number of benzene rings is 1. The fraction of sp³-hybridized carbons (Fsp3) is 0.568. The van der Waals surface area contributed by atoms with E-state index in [9.17, 15) is 9.59 Å². The number of hydrogen-bond acceptors (Lipinski definition) is 13. The number of amides is 2. The molecule has 0 saturated carbocycles. The Labute approximate surface area is 305 Å². The zero-order valence-electron chi connectivity index (χ0n) is 31.6. The van der Waals surface area contributed by atoms with Crippen LogP contribution in [0.5, 0.6) is 23.5 Å². The van der Waals surface area contributed by atoms with E-state index in [1.54, 1.807) is 6.07 Å². The number of ether oxygens (including phenoxy) is 6. The number of primary amides is 1. The van der Waals surface area contributed by atoms with E-state index in [2.05, 4.69) is 46.6 Å². The minimum absolute atomic E-state index is 0.0267. The van der Waals surface area contributed by atoms with E-state index in [1.165, 1.54) is 31.4 Å². The summed E-state index contributed by atoms with van der Waals surface area (Å²) in [6.07, 6.45) is 2.14. The van der Waals surface area contributed by atoms with Crippen molar-refractivity contribution in [2.24, 2.45) is 11.7 Å². The van der Waals surface area contributed by atoms with Crippen LogP contribution in [0.2, 0.25) is 0 Å². The Kier molecular flexibility index (Phi) is 14.6. The number of aryl methyl sites for hydroxylation is 2. The first kappa shape index (κ1) is 40.3. The highest BCUT2D eigenvalue weighted by atomic mass is 16.6. The molecule has 2 heterocycles. The Morgan fingerprint density at radius 1 is 0.981 bits per heavy atom. The fourth-order valence-electron chi connectivity index (χ4n) is 6.14. The molecule has 0 saturated heterocycles. The molecule has 1 aliphatic carbocycles. The lowest BCUT2D eigenvalue weighted by molar-refractivity contribution is -0.124. The van der Waals surface area contributed by atoms with Crippen LogP contribution in [0.3, 0.4) is 0 Å². The van der Waals surface area contributed by atoms with E-state index in [4.69, 9.17) is 38.6 Å². The second-order valence-corrected chi connectivity index (χ2v) is 13.6. The first-order valence-corrected chi connectivity index (χ1v) is 17.5. The van der Waals surface area contributed by atoms with Crippen LogP contribution < -0.4 is 30.6 Å². The number of carbonyl (C=O) groups excluding carboxylic acids is 2. The summed E-state index contributed by atoms with van der Waals surface area (Å²) in [5, 5.41) is 5.79. The molecule has 3 aromatic rings. The molecule has 0 aliphatic heterocycles. The number of rotatable bonds is 22. The normalized spacial score (nSPS) is 14.0. The monoisotopic (exact) mass is 726 g/mol. The fourth-order valence-corrected chi connectivity index (χ4v) is 6.14. The van der Waals surface area contributed by atoms with Gasteiger partial charge in [-0.25, -0.2) is 0 Å². The van der Waals surface area contributed by atoms with Crippen molar-refractivity contribution in [3.63, 3.8) is 0 Å². The summed E-state index contributed by atoms with van der Waals surface area (Å²) in [6.45, 7) is 13.9. The topological polar surface area (TPSA) is 182 Å². The van der Waals surface area contributed by atoms with Crippen LogP contribution in [-0.2, 0) is 30.8 Å². The maximum Gasteiger partial charge on any atom is 0.291 e. The van der Waals surface area contributed by atoms with Gasteiger partial charge < -0.3 is 49.2 Å². The first-order valence-electron chi connectivity index (χ1n) is 17.5. The zero-order valence-corrected chi connectivity index (χ0v) is 31.6. The van der Waals surface area contributed by atoms with Gasteiger partial charge >= 0.3 is 0 Å². The van der Waals surface area contributed by atoms with E-state index in [1.807, 2.05) is 32.7 Å². The number of anilines is 2. The summed E-state index contributed by atoms with van der Waals surface area (Å²) >= 11 is 0. The van der Waals surface area contributed by atoms with Gasteiger partial charge in [-0.05, 0) is 67.0 Å². The number of hydrogen-bond donors (Lipinski definition) is 3. The Morgan fingerprint density at radius 3 is 2.23 bits per heavy atom. The molecule has 52 heavy (non-hydrogen) atoms. The van der Waals surface area contributed by atoms with E-state index in [-0.39, 0.29) is 58.4 Å². The maximum absolute atomic E-state index is 13.2. The van der Waals surface area contributed by atoms with E-state index in [0.29, 0.717) is 58.5 Å². The lowest BCUT2D eigenvalue weighted by atomic mass is 9.86. The maximum atomic E-state index is 13.2. The average molecular weight is 727 g/mol. The lowest BCUT2D eigenvalue weighted by Gasteiger charge is -2.28. The predicted molar refractivity (Wildman–Crippen MR) is 196 cm³/mol. The standard InChI is InChI=1S/C37H54N6O9/c1-23(2)31(32(38)44)43(6)14-16-49-18-20-50-19-17-48-15-13-39-36-41-34(46-7)30(35(42-36)47-8)40-33(45)27-9-10-29(51-27)52-28-22-26-25(21-24(28)3)11-12-37(26,4)5/h9-10,21-23,31H,11-20H2,1-8H3,(H2,38,44)(H,40,45)(H,39,41,42). The average Bonchev–Trinajstić information content (AvgIpc) is 3.68. The summed E-state index contributed by atoms with van der Waals surface area (Å²) in [5.41, 5.74) is 9.33. The van der Waals surface area contributed by atoms with E-state index >= 15 is 0 Å². The number of fused-ring (bicyclic) bond motifs is 1. The van der Waals surface area contributed by atoms with Crippen molar-refractivity contribution in [3.05, 3.63) is 46.7 Å². The molecule has 4 rings (SSSR count). The largest absolute Gasteiger partial charge is 0.479 e. The molecule has 0 radical (unpaired) electrons. The molecule has 1 unspecified atom stereocenters. The van der Waals surface area contributed by atoms with E-state index < -0.39 is 5.91 Å². The van der Waals surface area contributed by atoms with Crippen molar-refractivity contribution < 1.29 is 42.4 Å². The van der Waals surface area contributed by atoms with Crippen LogP contribution in [0.1, 0.15) is 61.4 Å². The smallest absolute Gasteiger partial charge is 0.291 e. The number of furan rings is 1. The molecule has 0 spiro atoms. The Balaban J connectivity index is 1.18. The molecule has 15 nitrogen and oxygen atoms in total. The summed E-state index contributed by atoms with van der Waals surface area (Å²) in [4.78, 5) is 35.5. The molecule has 0 fully saturated rings. The van der Waals surface area contributed by atoms with Crippen LogP contribution in [-0.4, -0.2) is 107 Å². The third-order valence-electron chi connectivity index (χ3n) is 8.89. The summed E-state index contributed by atoms with van der Waals surface area (Å²) in [6, 6.07) is 7.05. The number of likely N-dealkylation sites (N-methyl/N-ethyl adjacent to an activating group) is 1. The summed E-state index contributed by atoms with van der Waals surface area (Å²) < 4.78 is 39.5. The van der Waals surface area contributed by atoms with Crippen molar-refractivity contribution in [1.82, 2.24) is 14.9 Å². The van der Waals surface area contributed by atoms with Crippen molar-refractivity contribution in [2.45, 2.75) is 58.9 Å². The van der Waals surface area contributed by atoms with Gasteiger partial charge in [0.15, 0.2) is 11.4 Å². The van der Waals surface area contributed by atoms with Crippen molar-refractivity contribution in [2.75, 3.05) is 84.6 Å². The third kappa shape index (κ3) is 10.8. The van der Waals surface area contributed by atoms with Gasteiger partial charge in [0.2, 0.25) is 23.6 Å². The van der Waals surface area contributed by atoms with Crippen molar-refractivity contribution in [3.8, 4) is 23.5 Å². The highest BCUT2D eigenvalue weighted by Gasteiger charge is 2.31. The second-order valence-electron chi connectivity index (χ2n) is 13.6. The number of nitrogens with zero attached hydrogens (tertiary/aromatic N) is 3. The molecule has 15 heteroatoms. The second kappa shape index (κ2) is 18.9. The zero-order chi connectivity index (χ0) is 37.8.